The zero-order chi connectivity index (χ0) is 15.5. The van der Waals surface area contributed by atoms with Crippen molar-refractivity contribution in [2.24, 2.45) is 5.92 Å². The van der Waals surface area contributed by atoms with Crippen molar-refractivity contribution in [3.05, 3.63) is 22.0 Å². The van der Waals surface area contributed by atoms with Crippen LogP contribution in [0.1, 0.15) is 60.5 Å². The number of hydrogen-bond donors (Lipinski definition) is 0. The molecule has 0 bridgehead atoms. The van der Waals surface area contributed by atoms with E-state index in [4.69, 9.17) is 0 Å². The second-order valence-corrected chi connectivity index (χ2v) is 7.27. The third-order valence-corrected chi connectivity index (χ3v) is 5.63. The summed E-state index contributed by atoms with van der Waals surface area (Å²) in [4.78, 5) is 5.74. The molecule has 0 saturated heterocycles. The van der Waals surface area contributed by atoms with Gasteiger partial charge in [-0.2, -0.15) is 9.94 Å². The van der Waals surface area contributed by atoms with E-state index in [-0.39, 0.29) is 0 Å². The van der Waals surface area contributed by atoms with E-state index in [9.17, 15) is 5.26 Å². The van der Waals surface area contributed by atoms with Crippen LogP contribution in [-0.2, 0) is 6.42 Å². The van der Waals surface area contributed by atoms with E-state index in [1.807, 2.05) is 6.92 Å². The Morgan fingerprint density at radius 2 is 2.05 bits per heavy atom. The Morgan fingerprint density at radius 3 is 2.68 bits per heavy atom. The molecule has 1 saturated carbocycles. The van der Waals surface area contributed by atoms with Gasteiger partial charge in [-0.1, -0.05) is 48.7 Å². The van der Waals surface area contributed by atoms with Crippen molar-refractivity contribution in [3.63, 3.8) is 0 Å². The molecule has 0 aromatic carbocycles. The van der Waals surface area contributed by atoms with Gasteiger partial charge in [0.25, 0.3) is 0 Å². The molecule has 0 N–H and O–H groups in total. The van der Waals surface area contributed by atoms with Gasteiger partial charge >= 0.3 is 0 Å². The maximum absolute atomic E-state index is 9.29. The quantitative estimate of drug-likeness (QED) is 0.862. The molecule has 5 nitrogen and oxygen atoms in total. The number of nitriles is 1. The molecule has 2 heterocycles. The molecular weight excluding hydrogens is 294 g/mol. The summed E-state index contributed by atoms with van der Waals surface area (Å²) in [6.45, 7) is 4.06. The fraction of sp³-hybridized carbons (Fsp3) is 0.625. The highest BCUT2D eigenvalue weighted by molar-refractivity contribution is 7.14. The van der Waals surface area contributed by atoms with E-state index in [1.165, 1.54) is 37.0 Å². The van der Waals surface area contributed by atoms with Crippen LogP contribution in [-0.4, -0.2) is 20.0 Å². The Kier molecular flexibility index (Phi) is 4.53. The highest BCUT2D eigenvalue weighted by Crippen LogP contribution is 2.29. The molecule has 3 rings (SSSR count). The van der Waals surface area contributed by atoms with Gasteiger partial charge in [0.15, 0.2) is 5.69 Å². The molecule has 0 atom stereocenters. The van der Waals surface area contributed by atoms with Crippen molar-refractivity contribution in [1.29, 1.82) is 5.26 Å². The van der Waals surface area contributed by atoms with Crippen molar-refractivity contribution in [2.75, 3.05) is 0 Å². The molecule has 0 spiro atoms. The minimum absolute atomic E-state index is 0.446. The highest BCUT2D eigenvalue weighted by Gasteiger charge is 2.20. The summed E-state index contributed by atoms with van der Waals surface area (Å²) in [5.41, 5.74) is 2.38. The molecule has 1 fully saturated rings. The van der Waals surface area contributed by atoms with Gasteiger partial charge in [0.1, 0.15) is 6.07 Å². The van der Waals surface area contributed by atoms with Gasteiger partial charge in [-0.05, 0) is 32.6 Å². The predicted molar refractivity (Wildman–Crippen MR) is 86.1 cm³/mol. The van der Waals surface area contributed by atoms with Crippen LogP contribution in [0.3, 0.4) is 0 Å². The number of hydrogen-bond acceptors (Lipinski definition) is 5. The number of thiazole rings is 1. The Morgan fingerprint density at radius 1 is 1.27 bits per heavy atom. The van der Waals surface area contributed by atoms with Crippen LogP contribution >= 0.6 is 11.3 Å². The second kappa shape index (κ2) is 6.57. The minimum atomic E-state index is 0.446. The molecule has 0 radical (unpaired) electrons. The molecule has 1 aliphatic rings. The second-order valence-electron chi connectivity index (χ2n) is 6.09. The molecule has 2 aromatic rings. The van der Waals surface area contributed by atoms with E-state index in [0.29, 0.717) is 5.69 Å². The number of nitrogens with zero attached hydrogens (tertiary/aromatic N) is 5. The molecular formula is C16H21N5S. The van der Waals surface area contributed by atoms with Gasteiger partial charge in [0.2, 0.25) is 5.13 Å². The van der Waals surface area contributed by atoms with Crippen molar-refractivity contribution in [2.45, 2.75) is 58.8 Å². The van der Waals surface area contributed by atoms with Crippen LogP contribution in [0.2, 0.25) is 0 Å². The number of aryl methyl sites for hydroxylation is 2. The summed E-state index contributed by atoms with van der Waals surface area (Å²) >= 11 is 1.61. The van der Waals surface area contributed by atoms with E-state index >= 15 is 0 Å². The van der Waals surface area contributed by atoms with Crippen LogP contribution in [0.4, 0.5) is 0 Å². The van der Waals surface area contributed by atoms with Gasteiger partial charge in [-0.15, -0.1) is 5.10 Å². The first-order valence-corrected chi connectivity index (χ1v) is 8.79. The third-order valence-electron chi connectivity index (χ3n) is 4.58. The van der Waals surface area contributed by atoms with E-state index in [2.05, 4.69) is 28.3 Å². The molecule has 0 unspecified atom stereocenters. The normalized spacial score (nSPS) is 15.9. The topological polar surface area (TPSA) is 67.4 Å². The van der Waals surface area contributed by atoms with Crippen LogP contribution in [0, 0.1) is 31.1 Å². The average molecular weight is 315 g/mol. The Hall–Kier alpha value is -1.74. The lowest BCUT2D eigenvalue weighted by molar-refractivity contribution is 0.337. The highest BCUT2D eigenvalue weighted by atomic mass is 32.1. The summed E-state index contributed by atoms with van der Waals surface area (Å²) in [6.07, 6.45) is 8.68. The monoisotopic (exact) mass is 315 g/mol. The zero-order valence-corrected chi connectivity index (χ0v) is 14.0. The molecule has 0 aliphatic heterocycles. The minimum Gasteiger partial charge on any atom is -0.223 e. The fourth-order valence-electron chi connectivity index (χ4n) is 3.13. The van der Waals surface area contributed by atoms with E-state index in [0.717, 1.165) is 35.3 Å². The van der Waals surface area contributed by atoms with Gasteiger partial charge in [0.05, 0.1) is 11.4 Å². The summed E-state index contributed by atoms with van der Waals surface area (Å²) in [6, 6.07) is 2.18. The standard InChI is InChI=1S/C16H21N5S/c1-11-12(2)22-16(18-11)21-15(14(10-17)19-20-21)9-8-13-6-4-3-5-7-13/h13H,3-9H2,1-2H3. The lowest BCUT2D eigenvalue weighted by Gasteiger charge is -2.21. The van der Waals surface area contributed by atoms with Gasteiger partial charge in [-0.25, -0.2) is 4.98 Å². The Labute approximate surface area is 135 Å². The molecule has 22 heavy (non-hydrogen) atoms. The van der Waals surface area contributed by atoms with Crippen molar-refractivity contribution in [3.8, 4) is 11.2 Å². The SMILES string of the molecule is Cc1nc(-n2nnc(C#N)c2CCC2CCCCC2)sc1C. The summed E-state index contributed by atoms with van der Waals surface area (Å²) in [5.74, 6) is 0.781. The van der Waals surface area contributed by atoms with Crippen LogP contribution in [0.15, 0.2) is 0 Å². The smallest absolute Gasteiger partial charge is 0.212 e. The van der Waals surface area contributed by atoms with Crippen molar-refractivity contribution < 1.29 is 0 Å². The lowest BCUT2D eigenvalue weighted by atomic mass is 9.85. The van der Waals surface area contributed by atoms with Crippen LogP contribution in [0.25, 0.3) is 5.13 Å². The van der Waals surface area contributed by atoms with Crippen molar-refractivity contribution >= 4 is 11.3 Å². The summed E-state index contributed by atoms with van der Waals surface area (Å²) in [5, 5.41) is 18.3. The first-order valence-electron chi connectivity index (χ1n) is 7.98. The predicted octanol–water partition coefficient (Wildman–Crippen LogP) is 3.73. The largest absolute Gasteiger partial charge is 0.223 e. The zero-order valence-electron chi connectivity index (χ0n) is 13.2. The molecule has 6 heteroatoms. The summed E-state index contributed by atoms with van der Waals surface area (Å²) < 4.78 is 1.77. The summed E-state index contributed by atoms with van der Waals surface area (Å²) in [7, 11) is 0. The Bertz CT molecular complexity index is 668. The molecule has 1 aliphatic carbocycles. The first-order chi connectivity index (χ1) is 10.7. The van der Waals surface area contributed by atoms with Crippen LogP contribution < -0.4 is 0 Å². The van der Waals surface area contributed by atoms with Crippen molar-refractivity contribution in [1.82, 2.24) is 20.0 Å². The Balaban J connectivity index is 1.82. The molecule has 116 valence electrons. The van der Waals surface area contributed by atoms with E-state index in [1.54, 1.807) is 16.0 Å². The number of aromatic nitrogens is 4. The molecule has 2 aromatic heterocycles. The average Bonchev–Trinajstić information content (AvgIpc) is 3.09. The maximum atomic E-state index is 9.29. The van der Waals surface area contributed by atoms with Crippen LogP contribution in [0.5, 0.6) is 0 Å². The van der Waals surface area contributed by atoms with Gasteiger partial charge in [-0.3, -0.25) is 0 Å². The number of rotatable bonds is 4. The van der Waals surface area contributed by atoms with Gasteiger partial charge < -0.3 is 0 Å². The lowest BCUT2D eigenvalue weighted by Crippen LogP contribution is -2.10. The fourth-order valence-corrected chi connectivity index (χ4v) is 4.01. The first kappa shape index (κ1) is 15.2. The maximum Gasteiger partial charge on any atom is 0.212 e. The van der Waals surface area contributed by atoms with Gasteiger partial charge in [0, 0.05) is 4.88 Å². The van der Waals surface area contributed by atoms with E-state index < -0.39 is 0 Å². The third kappa shape index (κ3) is 3.05. The molecule has 0 amide bonds.